The highest BCUT2D eigenvalue weighted by Gasteiger charge is 2.19. The third kappa shape index (κ3) is 5.43. The van der Waals surface area contributed by atoms with Crippen LogP contribution in [0, 0.1) is 6.92 Å². The van der Waals surface area contributed by atoms with E-state index in [4.69, 9.17) is 0 Å². The van der Waals surface area contributed by atoms with Gasteiger partial charge in [-0.05, 0) is 26.3 Å². The van der Waals surface area contributed by atoms with Crippen LogP contribution in [0.15, 0.2) is 29.3 Å². The predicted molar refractivity (Wildman–Crippen MR) is 101 cm³/mol. The largest absolute Gasteiger partial charge is 0.390 e. The van der Waals surface area contributed by atoms with E-state index in [2.05, 4.69) is 15.4 Å². The number of halogens is 2. The van der Waals surface area contributed by atoms with E-state index >= 15 is 0 Å². The lowest BCUT2D eigenvalue weighted by molar-refractivity contribution is -0.108. The molecule has 1 aromatic carbocycles. The van der Waals surface area contributed by atoms with Gasteiger partial charge >= 0.3 is 0 Å². The second-order valence-electron chi connectivity index (χ2n) is 5.60. The summed E-state index contributed by atoms with van der Waals surface area (Å²) >= 11 is 0. The molecule has 0 spiro atoms. The van der Waals surface area contributed by atoms with Crippen molar-refractivity contribution in [3.8, 4) is 0 Å². The van der Waals surface area contributed by atoms with Crippen molar-refractivity contribution in [1.29, 1.82) is 0 Å². The lowest BCUT2D eigenvalue weighted by Gasteiger charge is -2.15. The summed E-state index contributed by atoms with van der Waals surface area (Å²) in [6, 6.07) is 5.69. The number of amides is 1. The fourth-order valence-electron chi connectivity index (χ4n) is 2.45. The van der Waals surface area contributed by atoms with E-state index in [9.17, 15) is 18.7 Å². The van der Waals surface area contributed by atoms with Crippen molar-refractivity contribution in [2.24, 2.45) is 4.99 Å². The van der Waals surface area contributed by atoms with Gasteiger partial charge in [0, 0.05) is 11.1 Å². The van der Waals surface area contributed by atoms with Gasteiger partial charge in [-0.3, -0.25) is 4.79 Å². The molecule has 0 saturated carbocycles. The normalized spacial score (nSPS) is 12.4. The van der Waals surface area contributed by atoms with Crippen LogP contribution in [0.2, 0.25) is 0 Å². The number of benzene rings is 1. The molecule has 1 atom stereocenters. The lowest BCUT2D eigenvalue weighted by Crippen LogP contribution is -2.18. The smallest absolute Gasteiger partial charge is 0.263 e. The van der Waals surface area contributed by atoms with Crippen molar-refractivity contribution in [2.75, 3.05) is 0 Å². The molecule has 1 unspecified atom stereocenters. The number of hydrogen-bond acceptors (Lipinski definition) is 4. The quantitative estimate of drug-likeness (QED) is 0.451. The summed E-state index contributed by atoms with van der Waals surface area (Å²) in [5.41, 5.74) is 1.88. The maximum atomic E-state index is 12.7. The molecule has 0 saturated heterocycles. The van der Waals surface area contributed by atoms with Crippen LogP contribution < -0.4 is 5.32 Å². The van der Waals surface area contributed by atoms with Gasteiger partial charge in [-0.2, -0.15) is 5.10 Å². The van der Waals surface area contributed by atoms with Crippen LogP contribution in [0.3, 0.4) is 0 Å². The summed E-state index contributed by atoms with van der Waals surface area (Å²) in [5, 5.41) is 16.3. The number of rotatable bonds is 6. The Morgan fingerprint density at radius 1 is 1.30 bits per heavy atom. The Bertz CT molecular complexity index is 771. The predicted octanol–water partition coefficient (Wildman–Crippen LogP) is 4.05. The van der Waals surface area contributed by atoms with Crippen LogP contribution in [0.1, 0.15) is 62.5 Å². The van der Waals surface area contributed by atoms with E-state index in [0.29, 0.717) is 29.3 Å². The Hall–Kier alpha value is -2.61. The fraction of sp³-hybridized carbons (Fsp3) is 0.421. The average molecular weight is 380 g/mol. The number of aliphatic imine (C=N–C) groups is 1. The zero-order valence-corrected chi connectivity index (χ0v) is 16.2. The van der Waals surface area contributed by atoms with E-state index in [1.165, 1.54) is 12.1 Å². The number of amidine groups is 1. The number of alkyl halides is 2. The average Bonchev–Trinajstić information content (AvgIpc) is 2.98. The minimum atomic E-state index is -2.52. The van der Waals surface area contributed by atoms with Gasteiger partial charge in [0.25, 0.3) is 6.43 Å². The minimum Gasteiger partial charge on any atom is -0.390 e. The number of aliphatic hydroxyl groups excluding tert-OH is 1. The maximum Gasteiger partial charge on any atom is 0.263 e. The number of carbonyl (C=O) groups is 1. The zero-order chi connectivity index (χ0) is 20.6. The Morgan fingerprint density at radius 3 is 2.33 bits per heavy atom. The van der Waals surface area contributed by atoms with E-state index in [1.54, 1.807) is 30.7 Å². The van der Waals surface area contributed by atoms with E-state index in [0.717, 1.165) is 5.56 Å². The number of hydrogen-bond donors (Lipinski definition) is 2. The van der Waals surface area contributed by atoms with Gasteiger partial charge in [0.15, 0.2) is 5.82 Å². The second kappa shape index (κ2) is 10.5. The molecular formula is C19H26F2N4O2. The molecule has 0 aliphatic carbocycles. The Morgan fingerprint density at radius 2 is 1.85 bits per heavy atom. The van der Waals surface area contributed by atoms with Gasteiger partial charge in [0.05, 0.1) is 18.3 Å². The maximum absolute atomic E-state index is 12.7. The zero-order valence-electron chi connectivity index (χ0n) is 16.2. The highest BCUT2D eigenvalue weighted by molar-refractivity contribution is 5.90. The molecule has 1 amide bonds. The Labute approximate surface area is 157 Å². The molecule has 27 heavy (non-hydrogen) atoms. The third-order valence-corrected chi connectivity index (χ3v) is 3.94. The van der Waals surface area contributed by atoms with Gasteiger partial charge in [0.2, 0.25) is 6.41 Å². The van der Waals surface area contributed by atoms with Crippen molar-refractivity contribution in [3.05, 3.63) is 46.6 Å². The SMILES string of the molecule is C/C(=N/c1c(C)c(CO)nn1C(C)c1ccc(C(F)F)cc1)NC=O.CC. The van der Waals surface area contributed by atoms with Crippen molar-refractivity contribution in [3.63, 3.8) is 0 Å². The second-order valence-corrected chi connectivity index (χ2v) is 5.60. The van der Waals surface area contributed by atoms with E-state index in [1.807, 2.05) is 20.8 Å². The highest BCUT2D eigenvalue weighted by Crippen LogP contribution is 2.30. The molecule has 2 rings (SSSR count). The molecule has 8 heteroatoms. The van der Waals surface area contributed by atoms with Crippen LogP contribution in [0.5, 0.6) is 0 Å². The summed E-state index contributed by atoms with van der Waals surface area (Å²) in [6.07, 6.45) is -2.00. The minimum absolute atomic E-state index is 0.0482. The summed E-state index contributed by atoms with van der Waals surface area (Å²) < 4.78 is 27.0. The van der Waals surface area contributed by atoms with Gasteiger partial charge in [-0.1, -0.05) is 38.1 Å². The van der Waals surface area contributed by atoms with Gasteiger partial charge in [-0.25, -0.2) is 18.5 Å². The van der Waals surface area contributed by atoms with Gasteiger partial charge < -0.3 is 10.4 Å². The molecule has 1 aromatic heterocycles. The third-order valence-electron chi connectivity index (χ3n) is 3.94. The molecular weight excluding hydrogens is 354 g/mol. The van der Waals surface area contributed by atoms with E-state index < -0.39 is 6.43 Å². The molecule has 0 radical (unpaired) electrons. The summed E-state index contributed by atoms with van der Waals surface area (Å²) in [7, 11) is 0. The van der Waals surface area contributed by atoms with Gasteiger partial charge in [-0.15, -0.1) is 0 Å². The molecule has 0 aliphatic heterocycles. The summed E-state index contributed by atoms with van der Waals surface area (Å²) in [5.74, 6) is 0.866. The van der Waals surface area contributed by atoms with Crippen LogP contribution in [-0.2, 0) is 11.4 Å². The molecule has 1 heterocycles. The molecule has 0 bridgehead atoms. The number of nitrogens with one attached hydrogen (secondary N) is 1. The van der Waals surface area contributed by atoms with Crippen LogP contribution in [-0.4, -0.2) is 27.1 Å². The molecule has 2 aromatic rings. The summed E-state index contributed by atoms with van der Waals surface area (Å²) in [6.45, 7) is 9.01. The Kier molecular flexibility index (Phi) is 8.74. The monoisotopic (exact) mass is 380 g/mol. The highest BCUT2D eigenvalue weighted by atomic mass is 19.3. The first kappa shape index (κ1) is 22.4. The first-order chi connectivity index (χ1) is 12.9. The van der Waals surface area contributed by atoms with Crippen molar-refractivity contribution >= 4 is 18.1 Å². The van der Waals surface area contributed by atoms with Crippen LogP contribution in [0.25, 0.3) is 0 Å². The van der Waals surface area contributed by atoms with Crippen LogP contribution >= 0.6 is 0 Å². The van der Waals surface area contributed by atoms with E-state index in [-0.39, 0.29) is 18.2 Å². The number of aliphatic hydroxyl groups is 1. The number of aromatic nitrogens is 2. The molecule has 6 nitrogen and oxygen atoms in total. The van der Waals surface area contributed by atoms with Crippen molar-refractivity contribution in [1.82, 2.24) is 15.1 Å². The van der Waals surface area contributed by atoms with Crippen molar-refractivity contribution in [2.45, 2.75) is 53.7 Å². The molecule has 0 aliphatic rings. The fourth-order valence-corrected chi connectivity index (χ4v) is 2.45. The standard InChI is InChI=1S/C17H20F2N4O2.C2H6/c1-10-15(8-24)22-23(17(10)21-12(3)20-9-25)11(2)13-4-6-14(7-5-13)16(18)19;1-2/h4-7,9,11,16,24H,8H2,1-3H3,(H,20,21,25);1-2H3. The summed E-state index contributed by atoms with van der Waals surface area (Å²) in [4.78, 5) is 14.9. The molecule has 148 valence electrons. The molecule has 2 N–H and O–H groups in total. The Balaban J connectivity index is 0.00000176. The number of nitrogens with zero attached hydrogens (tertiary/aromatic N) is 3. The first-order valence-corrected chi connectivity index (χ1v) is 8.71. The van der Waals surface area contributed by atoms with Gasteiger partial charge in [0.1, 0.15) is 5.84 Å². The van der Waals surface area contributed by atoms with Crippen LogP contribution in [0.4, 0.5) is 14.6 Å². The van der Waals surface area contributed by atoms with Crippen molar-refractivity contribution < 1.29 is 18.7 Å². The molecule has 0 fully saturated rings. The lowest BCUT2D eigenvalue weighted by atomic mass is 10.1. The first-order valence-electron chi connectivity index (χ1n) is 8.71. The topological polar surface area (TPSA) is 79.5 Å². The number of carbonyl (C=O) groups excluding carboxylic acids is 1.